The highest BCUT2D eigenvalue weighted by atomic mass is 16.5. The normalized spacial score (nSPS) is 13.0. The first kappa shape index (κ1) is 17.8. The van der Waals surface area contributed by atoms with E-state index in [0.29, 0.717) is 22.8 Å². The predicted octanol–water partition coefficient (Wildman–Crippen LogP) is 4.97. The molecular formula is C22H21N5O. The molecule has 2 heterocycles. The number of benzene rings is 2. The molecule has 0 saturated heterocycles. The van der Waals surface area contributed by atoms with Gasteiger partial charge in [0.25, 0.3) is 5.89 Å². The molecule has 0 bridgehead atoms. The van der Waals surface area contributed by atoms with E-state index in [-0.39, 0.29) is 6.04 Å². The third kappa shape index (κ3) is 3.47. The lowest BCUT2D eigenvalue weighted by Crippen LogP contribution is -2.10. The first-order valence-corrected chi connectivity index (χ1v) is 9.26. The zero-order valence-electron chi connectivity index (χ0n) is 15.9. The molecule has 4 rings (SSSR count). The summed E-state index contributed by atoms with van der Waals surface area (Å²) in [5.41, 5.74) is 6.23. The Morgan fingerprint density at radius 3 is 2.79 bits per heavy atom. The number of hydrogen-bond donors (Lipinski definition) is 2. The molecule has 0 unspecified atom stereocenters. The Morgan fingerprint density at radius 2 is 2.00 bits per heavy atom. The zero-order valence-corrected chi connectivity index (χ0v) is 15.9. The molecule has 140 valence electrons. The highest BCUT2D eigenvalue weighted by molar-refractivity contribution is 5.70. The van der Waals surface area contributed by atoms with E-state index in [1.807, 2.05) is 38.1 Å². The van der Waals surface area contributed by atoms with Crippen LogP contribution in [0, 0.1) is 11.3 Å². The number of aryl methyl sites for hydroxylation is 1. The van der Waals surface area contributed by atoms with Crippen molar-refractivity contribution in [3.05, 3.63) is 59.8 Å². The SMILES string of the molecule is C=C1CCc2ccc(-c3noc(-c4ccc(NC(C)C)c(C#N)c4)n3)cc2N1. The molecule has 0 saturated carbocycles. The molecule has 6 heteroatoms. The molecule has 3 aromatic rings. The minimum atomic E-state index is 0.238. The highest BCUT2D eigenvalue weighted by Gasteiger charge is 2.16. The topological polar surface area (TPSA) is 86.8 Å². The molecule has 28 heavy (non-hydrogen) atoms. The minimum absolute atomic E-state index is 0.238. The lowest BCUT2D eigenvalue weighted by atomic mass is 9.99. The van der Waals surface area contributed by atoms with Gasteiger partial charge in [0.05, 0.1) is 11.3 Å². The molecule has 2 aromatic carbocycles. The van der Waals surface area contributed by atoms with Gasteiger partial charge in [0.1, 0.15) is 6.07 Å². The summed E-state index contributed by atoms with van der Waals surface area (Å²) in [6.45, 7) is 8.07. The number of hydrogen-bond acceptors (Lipinski definition) is 6. The second-order valence-corrected chi connectivity index (χ2v) is 7.19. The van der Waals surface area contributed by atoms with Crippen LogP contribution in [0.4, 0.5) is 11.4 Å². The minimum Gasteiger partial charge on any atom is -0.382 e. The fourth-order valence-electron chi connectivity index (χ4n) is 3.25. The molecule has 0 amide bonds. The van der Waals surface area contributed by atoms with Crippen molar-refractivity contribution in [1.29, 1.82) is 5.26 Å². The third-order valence-electron chi connectivity index (χ3n) is 4.63. The van der Waals surface area contributed by atoms with Crippen LogP contribution in [-0.4, -0.2) is 16.2 Å². The number of nitrogens with zero attached hydrogens (tertiary/aromatic N) is 3. The van der Waals surface area contributed by atoms with Gasteiger partial charge >= 0.3 is 0 Å². The van der Waals surface area contributed by atoms with Crippen LogP contribution in [0.1, 0.15) is 31.4 Å². The van der Waals surface area contributed by atoms with E-state index < -0.39 is 0 Å². The molecule has 1 aliphatic heterocycles. The van der Waals surface area contributed by atoms with Gasteiger partial charge in [0.15, 0.2) is 0 Å². The summed E-state index contributed by atoms with van der Waals surface area (Å²) >= 11 is 0. The van der Waals surface area contributed by atoms with E-state index in [2.05, 4.69) is 39.5 Å². The van der Waals surface area contributed by atoms with Crippen molar-refractivity contribution in [2.75, 3.05) is 10.6 Å². The van der Waals surface area contributed by atoms with Crippen molar-refractivity contribution in [2.45, 2.75) is 32.7 Å². The Kier molecular flexibility index (Phi) is 4.58. The maximum absolute atomic E-state index is 9.45. The van der Waals surface area contributed by atoms with E-state index in [0.717, 1.165) is 35.5 Å². The largest absolute Gasteiger partial charge is 0.382 e. The van der Waals surface area contributed by atoms with Crippen molar-refractivity contribution in [3.8, 4) is 28.9 Å². The van der Waals surface area contributed by atoms with Gasteiger partial charge in [-0.2, -0.15) is 10.2 Å². The number of nitriles is 1. The van der Waals surface area contributed by atoms with Crippen molar-refractivity contribution in [2.24, 2.45) is 0 Å². The number of fused-ring (bicyclic) bond motifs is 1. The van der Waals surface area contributed by atoms with Crippen LogP contribution in [0.15, 0.2) is 53.2 Å². The van der Waals surface area contributed by atoms with Gasteiger partial charge in [-0.05, 0) is 56.5 Å². The molecular weight excluding hydrogens is 350 g/mol. The van der Waals surface area contributed by atoms with E-state index in [4.69, 9.17) is 4.52 Å². The fraction of sp³-hybridized carbons (Fsp3) is 0.227. The molecule has 0 aliphatic carbocycles. The van der Waals surface area contributed by atoms with Gasteiger partial charge in [-0.25, -0.2) is 0 Å². The maximum Gasteiger partial charge on any atom is 0.258 e. The van der Waals surface area contributed by atoms with Crippen LogP contribution in [0.5, 0.6) is 0 Å². The van der Waals surface area contributed by atoms with Crippen LogP contribution >= 0.6 is 0 Å². The van der Waals surface area contributed by atoms with E-state index in [9.17, 15) is 5.26 Å². The number of rotatable bonds is 4. The second-order valence-electron chi connectivity index (χ2n) is 7.19. The lowest BCUT2D eigenvalue weighted by Gasteiger charge is -2.20. The standard InChI is InChI=1S/C22H21N5O/c1-13(2)24-19-9-8-17(10-18(19)12-23)22-26-21(27-28-22)16-7-6-15-5-4-14(3)25-20(15)11-16/h6-11,13,24-25H,3-5H2,1-2H3. The number of anilines is 2. The zero-order chi connectivity index (χ0) is 19.7. The summed E-state index contributed by atoms with van der Waals surface area (Å²) in [5.74, 6) is 0.899. The van der Waals surface area contributed by atoms with Gasteiger partial charge in [-0.3, -0.25) is 0 Å². The van der Waals surface area contributed by atoms with E-state index in [1.54, 1.807) is 6.07 Å². The van der Waals surface area contributed by atoms with Gasteiger partial charge in [-0.1, -0.05) is 23.9 Å². The van der Waals surface area contributed by atoms with Crippen molar-refractivity contribution in [1.82, 2.24) is 10.1 Å². The van der Waals surface area contributed by atoms with Crippen LogP contribution in [0.3, 0.4) is 0 Å². The van der Waals surface area contributed by atoms with Gasteiger partial charge in [0.2, 0.25) is 5.82 Å². The Balaban J connectivity index is 1.64. The van der Waals surface area contributed by atoms with Crippen molar-refractivity contribution >= 4 is 11.4 Å². The fourth-order valence-corrected chi connectivity index (χ4v) is 3.25. The average Bonchev–Trinajstić information content (AvgIpc) is 3.17. The summed E-state index contributed by atoms with van der Waals surface area (Å²) in [5, 5.41) is 20.2. The molecule has 2 N–H and O–H groups in total. The molecule has 1 aromatic heterocycles. The monoisotopic (exact) mass is 371 g/mol. The first-order chi connectivity index (χ1) is 13.5. The summed E-state index contributed by atoms with van der Waals surface area (Å²) in [7, 11) is 0. The van der Waals surface area contributed by atoms with Crippen LogP contribution in [0.2, 0.25) is 0 Å². The van der Waals surface area contributed by atoms with Crippen molar-refractivity contribution in [3.63, 3.8) is 0 Å². The first-order valence-electron chi connectivity index (χ1n) is 9.26. The van der Waals surface area contributed by atoms with Gasteiger partial charge in [-0.15, -0.1) is 0 Å². The maximum atomic E-state index is 9.45. The Morgan fingerprint density at radius 1 is 1.18 bits per heavy atom. The molecule has 0 fully saturated rings. The van der Waals surface area contributed by atoms with Crippen LogP contribution in [0.25, 0.3) is 22.8 Å². The Hall–Kier alpha value is -3.59. The van der Waals surface area contributed by atoms with Crippen LogP contribution in [-0.2, 0) is 6.42 Å². The van der Waals surface area contributed by atoms with Crippen LogP contribution < -0.4 is 10.6 Å². The molecule has 0 spiro atoms. The molecule has 6 nitrogen and oxygen atoms in total. The Labute approximate surface area is 163 Å². The van der Waals surface area contributed by atoms with Crippen molar-refractivity contribution < 1.29 is 4.52 Å². The number of aromatic nitrogens is 2. The third-order valence-corrected chi connectivity index (χ3v) is 4.63. The number of nitrogens with one attached hydrogen (secondary N) is 2. The van der Waals surface area contributed by atoms with Gasteiger partial charge < -0.3 is 15.2 Å². The predicted molar refractivity (Wildman–Crippen MR) is 110 cm³/mol. The lowest BCUT2D eigenvalue weighted by molar-refractivity contribution is 0.432. The van der Waals surface area contributed by atoms with E-state index in [1.165, 1.54) is 5.56 Å². The second kappa shape index (κ2) is 7.20. The highest BCUT2D eigenvalue weighted by Crippen LogP contribution is 2.31. The Bertz CT molecular complexity index is 1090. The smallest absolute Gasteiger partial charge is 0.258 e. The summed E-state index contributed by atoms with van der Waals surface area (Å²) in [4.78, 5) is 4.53. The summed E-state index contributed by atoms with van der Waals surface area (Å²) in [6.07, 6.45) is 1.92. The molecule has 1 aliphatic rings. The van der Waals surface area contributed by atoms with E-state index >= 15 is 0 Å². The summed E-state index contributed by atoms with van der Waals surface area (Å²) < 4.78 is 5.46. The number of allylic oxidation sites excluding steroid dienone is 1. The average molecular weight is 371 g/mol. The summed E-state index contributed by atoms with van der Waals surface area (Å²) in [6, 6.07) is 14.1. The molecule has 0 atom stereocenters. The molecule has 0 radical (unpaired) electrons. The van der Waals surface area contributed by atoms with Gasteiger partial charge in [0, 0.05) is 28.6 Å². The quantitative estimate of drug-likeness (QED) is 0.673.